The van der Waals surface area contributed by atoms with Gasteiger partial charge in [0.1, 0.15) is 5.56 Å². The number of carbonyl (C=O) groups excluding carboxylic acids is 2. The monoisotopic (exact) mass is 296 g/mol. The maximum absolute atomic E-state index is 11.9. The van der Waals surface area contributed by atoms with Gasteiger partial charge in [-0.25, -0.2) is 4.79 Å². The van der Waals surface area contributed by atoms with Gasteiger partial charge in [0.25, 0.3) is 0 Å². The van der Waals surface area contributed by atoms with Crippen molar-refractivity contribution in [1.82, 2.24) is 20.0 Å². The first-order valence-corrected chi connectivity index (χ1v) is 7.20. The second-order valence-corrected chi connectivity index (χ2v) is 4.61. The molecule has 0 fully saturated rings. The Kier molecular flexibility index (Phi) is 6.87. The summed E-state index contributed by atoms with van der Waals surface area (Å²) in [6.45, 7) is 8.01. The molecule has 0 saturated carbocycles. The van der Waals surface area contributed by atoms with Crippen LogP contribution in [0.25, 0.3) is 0 Å². The molecule has 7 heteroatoms. The molecule has 0 aliphatic rings. The van der Waals surface area contributed by atoms with E-state index in [-0.39, 0.29) is 18.4 Å². The summed E-state index contributed by atoms with van der Waals surface area (Å²) < 4.78 is 6.67. The normalized spacial score (nSPS) is 10.7. The summed E-state index contributed by atoms with van der Waals surface area (Å²) in [5, 5.41) is 6.88. The number of carbonyl (C=O) groups is 2. The van der Waals surface area contributed by atoms with E-state index in [1.807, 2.05) is 18.7 Å². The van der Waals surface area contributed by atoms with E-state index in [4.69, 9.17) is 4.74 Å². The van der Waals surface area contributed by atoms with Gasteiger partial charge in [0.2, 0.25) is 5.91 Å². The third-order valence-electron chi connectivity index (χ3n) is 3.12. The third kappa shape index (κ3) is 4.86. The van der Waals surface area contributed by atoms with Gasteiger partial charge in [-0.05, 0) is 20.4 Å². The molecule has 1 N–H and O–H groups in total. The van der Waals surface area contributed by atoms with Crippen molar-refractivity contribution in [2.75, 3.05) is 26.2 Å². The summed E-state index contributed by atoms with van der Waals surface area (Å²) in [7, 11) is 1.78. The number of likely N-dealkylation sites (N-methyl/N-ethyl adjacent to an activating group) is 2. The van der Waals surface area contributed by atoms with Crippen LogP contribution in [0.3, 0.4) is 0 Å². The zero-order valence-corrected chi connectivity index (χ0v) is 13.2. The molecule has 0 bridgehead atoms. The molecule has 0 aliphatic heterocycles. The van der Waals surface area contributed by atoms with Crippen LogP contribution >= 0.6 is 0 Å². The first-order valence-electron chi connectivity index (χ1n) is 7.20. The highest BCUT2D eigenvalue weighted by atomic mass is 16.5. The maximum atomic E-state index is 11.9. The Hall–Kier alpha value is -1.89. The molecule has 1 heterocycles. The van der Waals surface area contributed by atoms with Gasteiger partial charge in [-0.1, -0.05) is 6.92 Å². The predicted octanol–water partition coefficient (Wildman–Crippen LogP) is 0.555. The Bertz CT molecular complexity index is 485. The van der Waals surface area contributed by atoms with Crippen molar-refractivity contribution in [1.29, 1.82) is 0 Å². The van der Waals surface area contributed by atoms with Crippen LogP contribution in [0, 0.1) is 0 Å². The molecule has 118 valence electrons. The van der Waals surface area contributed by atoms with Gasteiger partial charge in [-0.2, -0.15) is 5.10 Å². The molecule has 7 nitrogen and oxygen atoms in total. The first kappa shape index (κ1) is 17.2. The van der Waals surface area contributed by atoms with E-state index in [0.717, 1.165) is 5.69 Å². The van der Waals surface area contributed by atoms with Crippen molar-refractivity contribution >= 4 is 11.9 Å². The highest BCUT2D eigenvalue weighted by Gasteiger charge is 2.20. The number of esters is 1. The Morgan fingerprint density at radius 1 is 1.38 bits per heavy atom. The molecule has 1 amide bonds. The van der Waals surface area contributed by atoms with Crippen LogP contribution in [0.5, 0.6) is 0 Å². The van der Waals surface area contributed by atoms with Crippen molar-refractivity contribution in [2.24, 2.45) is 7.05 Å². The number of hydrogen-bond donors (Lipinski definition) is 1. The summed E-state index contributed by atoms with van der Waals surface area (Å²) in [4.78, 5) is 25.5. The molecule has 0 aliphatic carbocycles. The lowest BCUT2D eigenvalue weighted by Gasteiger charge is -2.20. The second-order valence-electron chi connectivity index (χ2n) is 4.61. The number of amides is 1. The molecule has 0 saturated heterocycles. The number of nitrogens with one attached hydrogen (secondary N) is 1. The average Bonchev–Trinajstić information content (AvgIpc) is 2.80. The van der Waals surface area contributed by atoms with Crippen molar-refractivity contribution in [3.05, 3.63) is 17.5 Å². The third-order valence-corrected chi connectivity index (χ3v) is 3.12. The fourth-order valence-electron chi connectivity index (χ4n) is 1.98. The van der Waals surface area contributed by atoms with Gasteiger partial charge in [-0.3, -0.25) is 14.4 Å². The van der Waals surface area contributed by atoms with Gasteiger partial charge in [0.15, 0.2) is 0 Å². The quantitative estimate of drug-likeness (QED) is 0.709. The fraction of sp³-hybridized carbons (Fsp3) is 0.643. The molecule has 0 spiro atoms. The molecule has 0 radical (unpaired) electrons. The minimum absolute atomic E-state index is 0.0285. The van der Waals surface area contributed by atoms with Crippen LogP contribution in [0.4, 0.5) is 0 Å². The Morgan fingerprint density at radius 3 is 2.67 bits per heavy atom. The van der Waals surface area contributed by atoms with Crippen LogP contribution in [0.2, 0.25) is 0 Å². The fourth-order valence-corrected chi connectivity index (χ4v) is 1.98. The molecule has 1 aromatic rings. The highest BCUT2D eigenvalue weighted by molar-refractivity contribution is 5.90. The van der Waals surface area contributed by atoms with Crippen LogP contribution < -0.4 is 5.32 Å². The minimum Gasteiger partial charge on any atom is -0.462 e. The minimum atomic E-state index is -0.380. The van der Waals surface area contributed by atoms with E-state index in [2.05, 4.69) is 10.4 Å². The van der Waals surface area contributed by atoms with E-state index in [1.165, 1.54) is 6.20 Å². The molecule has 1 aromatic heterocycles. The maximum Gasteiger partial charge on any atom is 0.341 e. The Balaban J connectivity index is 2.82. The lowest BCUT2D eigenvalue weighted by molar-refractivity contribution is -0.122. The molecule has 21 heavy (non-hydrogen) atoms. The molecule has 0 aromatic carbocycles. The highest BCUT2D eigenvalue weighted by Crippen LogP contribution is 2.12. The van der Waals surface area contributed by atoms with E-state index in [9.17, 15) is 9.59 Å². The first-order chi connectivity index (χ1) is 10.0. The summed E-state index contributed by atoms with van der Waals surface area (Å²) in [6, 6.07) is 0. The lowest BCUT2D eigenvalue weighted by atomic mass is 10.2. The number of hydrogen-bond acceptors (Lipinski definition) is 5. The Labute approximate surface area is 125 Å². The SMILES string of the molecule is CCNC(=O)CN(CC)Cc1c(C(=O)OCC)cnn1C. The van der Waals surface area contributed by atoms with E-state index >= 15 is 0 Å². The summed E-state index contributed by atoms with van der Waals surface area (Å²) in [5.41, 5.74) is 1.20. The van der Waals surface area contributed by atoms with E-state index < -0.39 is 0 Å². The van der Waals surface area contributed by atoms with Gasteiger partial charge >= 0.3 is 5.97 Å². The van der Waals surface area contributed by atoms with Crippen molar-refractivity contribution in [2.45, 2.75) is 27.3 Å². The summed E-state index contributed by atoms with van der Waals surface area (Å²) in [6.07, 6.45) is 1.51. The standard InChI is InChI=1S/C14H24N4O3/c1-5-15-13(19)10-18(6-2)9-12-11(8-16-17(12)4)14(20)21-7-3/h8H,5-7,9-10H2,1-4H3,(H,15,19). The lowest BCUT2D eigenvalue weighted by Crippen LogP contribution is -2.37. The Morgan fingerprint density at radius 2 is 2.10 bits per heavy atom. The smallest absolute Gasteiger partial charge is 0.341 e. The number of aromatic nitrogens is 2. The van der Waals surface area contributed by atoms with Gasteiger partial charge < -0.3 is 10.1 Å². The zero-order valence-electron chi connectivity index (χ0n) is 13.2. The molecule has 0 atom stereocenters. The van der Waals surface area contributed by atoms with Crippen LogP contribution in [0.1, 0.15) is 36.8 Å². The number of nitrogens with zero attached hydrogens (tertiary/aromatic N) is 3. The van der Waals surface area contributed by atoms with Crippen molar-refractivity contribution < 1.29 is 14.3 Å². The second kappa shape index (κ2) is 8.41. The molecule has 1 rings (SSSR count). The molecular formula is C14H24N4O3. The van der Waals surface area contributed by atoms with Gasteiger partial charge in [-0.15, -0.1) is 0 Å². The average molecular weight is 296 g/mol. The summed E-state index contributed by atoms with van der Waals surface area (Å²) in [5.74, 6) is -0.408. The number of ether oxygens (including phenoxy) is 1. The number of aryl methyl sites for hydroxylation is 1. The van der Waals surface area contributed by atoms with Crippen molar-refractivity contribution in [3.63, 3.8) is 0 Å². The molecular weight excluding hydrogens is 272 g/mol. The van der Waals surface area contributed by atoms with E-state index in [0.29, 0.717) is 31.8 Å². The van der Waals surface area contributed by atoms with Crippen molar-refractivity contribution in [3.8, 4) is 0 Å². The molecule has 0 unspecified atom stereocenters. The predicted molar refractivity (Wildman–Crippen MR) is 78.8 cm³/mol. The van der Waals surface area contributed by atoms with Crippen LogP contribution in [-0.4, -0.2) is 52.8 Å². The summed E-state index contributed by atoms with van der Waals surface area (Å²) >= 11 is 0. The van der Waals surface area contributed by atoms with Gasteiger partial charge in [0, 0.05) is 20.1 Å². The number of rotatable bonds is 8. The zero-order chi connectivity index (χ0) is 15.8. The van der Waals surface area contributed by atoms with E-state index in [1.54, 1.807) is 18.7 Å². The largest absolute Gasteiger partial charge is 0.462 e. The van der Waals surface area contributed by atoms with Crippen LogP contribution in [0.15, 0.2) is 6.20 Å². The topological polar surface area (TPSA) is 76.5 Å². The van der Waals surface area contributed by atoms with Gasteiger partial charge in [0.05, 0.1) is 25.0 Å². The van der Waals surface area contributed by atoms with Crippen LogP contribution in [-0.2, 0) is 23.1 Å².